The van der Waals surface area contributed by atoms with Gasteiger partial charge in [0, 0.05) is 19.1 Å². The van der Waals surface area contributed by atoms with E-state index in [-0.39, 0.29) is 19.2 Å². The van der Waals surface area contributed by atoms with Crippen LogP contribution >= 0.6 is 0 Å². The molecule has 0 aromatic rings. The van der Waals surface area contributed by atoms with E-state index in [9.17, 15) is 9.90 Å². The van der Waals surface area contributed by atoms with Crippen molar-refractivity contribution in [2.24, 2.45) is 0 Å². The smallest absolute Gasteiger partial charge is 0.407 e. The standard InChI is InChI=1S/C12H26N2O4/c1-9(14-7-12(5,17)8-15)6-13-10(16)18-11(2,3)4/h9,14-15,17H,6-8H2,1-5H3,(H,13,16). The Morgan fingerprint density at radius 2 is 1.89 bits per heavy atom. The molecule has 0 heterocycles. The Kier molecular flexibility index (Phi) is 6.59. The molecule has 0 aliphatic rings. The van der Waals surface area contributed by atoms with Gasteiger partial charge in [-0.3, -0.25) is 0 Å². The third-order valence-electron chi connectivity index (χ3n) is 2.12. The van der Waals surface area contributed by atoms with Gasteiger partial charge >= 0.3 is 6.09 Å². The second-order valence-corrected chi connectivity index (χ2v) is 5.82. The highest BCUT2D eigenvalue weighted by atomic mass is 16.6. The molecular weight excluding hydrogens is 236 g/mol. The Balaban J connectivity index is 3.84. The van der Waals surface area contributed by atoms with E-state index in [0.29, 0.717) is 6.54 Å². The minimum absolute atomic E-state index is 0.0319. The molecule has 4 N–H and O–H groups in total. The Labute approximate surface area is 109 Å². The van der Waals surface area contributed by atoms with Crippen molar-refractivity contribution in [3.05, 3.63) is 0 Å². The number of carbonyl (C=O) groups is 1. The molecule has 0 aliphatic carbocycles. The number of hydrogen-bond acceptors (Lipinski definition) is 5. The van der Waals surface area contributed by atoms with Gasteiger partial charge in [0.2, 0.25) is 0 Å². The summed E-state index contributed by atoms with van der Waals surface area (Å²) < 4.78 is 5.09. The lowest BCUT2D eigenvalue weighted by molar-refractivity contribution is 0.00105. The molecule has 0 fully saturated rings. The topological polar surface area (TPSA) is 90.8 Å². The van der Waals surface area contributed by atoms with Crippen LogP contribution in [0.3, 0.4) is 0 Å². The number of carbonyl (C=O) groups excluding carboxylic acids is 1. The van der Waals surface area contributed by atoms with Gasteiger partial charge in [-0.25, -0.2) is 4.79 Å². The van der Waals surface area contributed by atoms with E-state index in [2.05, 4.69) is 10.6 Å². The van der Waals surface area contributed by atoms with Crippen molar-refractivity contribution in [2.45, 2.75) is 51.9 Å². The Hall–Kier alpha value is -0.850. The Bertz CT molecular complexity index is 261. The summed E-state index contributed by atoms with van der Waals surface area (Å²) in [7, 11) is 0. The first-order chi connectivity index (χ1) is 8.06. The molecule has 0 bridgehead atoms. The highest BCUT2D eigenvalue weighted by Gasteiger charge is 2.20. The molecule has 0 aliphatic heterocycles. The highest BCUT2D eigenvalue weighted by Crippen LogP contribution is 2.06. The van der Waals surface area contributed by atoms with Crippen LogP contribution in [-0.4, -0.2) is 53.2 Å². The molecule has 0 radical (unpaired) electrons. The number of amides is 1. The van der Waals surface area contributed by atoms with Gasteiger partial charge in [0.05, 0.1) is 12.2 Å². The maximum absolute atomic E-state index is 11.4. The molecule has 0 saturated carbocycles. The zero-order valence-electron chi connectivity index (χ0n) is 11.9. The van der Waals surface area contributed by atoms with Crippen molar-refractivity contribution in [3.8, 4) is 0 Å². The summed E-state index contributed by atoms with van der Waals surface area (Å²) in [6.07, 6.45) is -0.468. The van der Waals surface area contributed by atoms with Crippen LogP contribution in [0, 0.1) is 0 Å². The number of aliphatic hydroxyl groups excluding tert-OH is 1. The molecule has 0 rings (SSSR count). The molecule has 2 unspecified atom stereocenters. The van der Waals surface area contributed by atoms with Gasteiger partial charge in [-0.2, -0.15) is 0 Å². The van der Waals surface area contributed by atoms with E-state index >= 15 is 0 Å². The summed E-state index contributed by atoms with van der Waals surface area (Å²) >= 11 is 0. The Morgan fingerprint density at radius 1 is 1.33 bits per heavy atom. The van der Waals surface area contributed by atoms with Crippen molar-refractivity contribution in [2.75, 3.05) is 19.7 Å². The number of rotatable bonds is 6. The van der Waals surface area contributed by atoms with Crippen LogP contribution in [0.1, 0.15) is 34.6 Å². The summed E-state index contributed by atoms with van der Waals surface area (Å²) in [5, 5.41) is 24.1. The fourth-order valence-electron chi connectivity index (χ4n) is 1.07. The monoisotopic (exact) mass is 262 g/mol. The second kappa shape index (κ2) is 6.92. The van der Waals surface area contributed by atoms with Gasteiger partial charge in [-0.05, 0) is 34.6 Å². The number of alkyl carbamates (subject to hydrolysis) is 1. The van der Waals surface area contributed by atoms with Crippen LogP contribution in [0.2, 0.25) is 0 Å². The van der Waals surface area contributed by atoms with E-state index in [4.69, 9.17) is 9.84 Å². The molecule has 108 valence electrons. The van der Waals surface area contributed by atoms with Gasteiger partial charge in [0.15, 0.2) is 0 Å². The maximum atomic E-state index is 11.4. The zero-order valence-corrected chi connectivity index (χ0v) is 11.9. The SMILES string of the molecule is CC(CNC(=O)OC(C)(C)C)NCC(C)(O)CO. The third kappa shape index (κ3) is 9.21. The molecular formula is C12H26N2O4. The fraction of sp³-hybridized carbons (Fsp3) is 0.917. The fourth-order valence-corrected chi connectivity index (χ4v) is 1.07. The van der Waals surface area contributed by atoms with E-state index < -0.39 is 17.3 Å². The van der Waals surface area contributed by atoms with Crippen LogP contribution in [0.4, 0.5) is 4.79 Å². The summed E-state index contributed by atoms with van der Waals surface area (Å²) in [6.45, 7) is 9.12. The van der Waals surface area contributed by atoms with Crippen molar-refractivity contribution in [1.82, 2.24) is 10.6 Å². The number of ether oxygens (including phenoxy) is 1. The zero-order chi connectivity index (χ0) is 14.4. The second-order valence-electron chi connectivity index (χ2n) is 5.82. The molecule has 6 heteroatoms. The molecule has 0 aromatic carbocycles. The molecule has 0 spiro atoms. The normalized spacial score (nSPS) is 16.8. The van der Waals surface area contributed by atoms with Gasteiger partial charge in [0.25, 0.3) is 0 Å². The van der Waals surface area contributed by atoms with Crippen LogP contribution in [-0.2, 0) is 4.74 Å². The largest absolute Gasteiger partial charge is 0.444 e. The van der Waals surface area contributed by atoms with Gasteiger partial charge in [-0.1, -0.05) is 0 Å². The number of hydrogen-bond donors (Lipinski definition) is 4. The highest BCUT2D eigenvalue weighted by molar-refractivity contribution is 5.67. The maximum Gasteiger partial charge on any atom is 0.407 e. The van der Waals surface area contributed by atoms with Crippen molar-refractivity contribution in [1.29, 1.82) is 0 Å². The summed E-state index contributed by atoms with van der Waals surface area (Å²) in [5.74, 6) is 0. The molecule has 18 heavy (non-hydrogen) atoms. The minimum Gasteiger partial charge on any atom is -0.444 e. The van der Waals surface area contributed by atoms with Crippen LogP contribution in [0.15, 0.2) is 0 Å². The average molecular weight is 262 g/mol. The predicted octanol–water partition coefficient (Wildman–Crippen LogP) is 0.232. The quantitative estimate of drug-likeness (QED) is 0.550. The van der Waals surface area contributed by atoms with E-state index in [1.54, 1.807) is 20.8 Å². The molecule has 2 atom stereocenters. The number of nitrogens with one attached hydrogen (secondary N) is 2. The lowest BCUT2D eigenvalue weighted by atomic mass is 10.1. The first-order valence-corrected chi connectivity index (χ1v) is 6.09. The molecule has 1 amide bonds. The van der Waals surface area contributed by atoms with Crippen molar-refractivity contribution >= 4 is 6.09 Å². The molecule has 6 nitrogen and oxygen atoms in total. The van der Waals surface area contributed by atoms with E-state index in [0.717, 1.165) is 0 Å². The van der Waals surface area contributed by atoms with Crippen LogP contribution < -0.4 is 10.6 Å². The molecule has 0 aromatic heterocycles. The predicted molar refractivity (Wildman–Crippen MR) is 69.4 cm³/mol. The van der Waals surface area contributed by atoms with Gasteiger partial charge < -0.3 is 25.6 Å². The van der Waals surface area contributed by atoms with E-state index in [1.165, 1.54) is 6.92 Å². The first kappa shape index (κ1) is 17.2. The number of aliphatic hydroxyl groups is 2. The first-order valence-electron chi connectivity index (χ1n) is 6.09. The average Bonchev–Trinajstić information content (AvgIpc) is 2.21. The van der Waals surface area contributed by atoms with Crippen molar-refractivity contribution in [3.63, 3.8) is 0 Å². The van der Waals surface area contributed by atoms with Crippen molar-refractivity contribution < 1.29 is 19.7 Å². The minimum atomic E-state index is -1.15. The molecule has 0 saturated heterocycles. The van der Waals surface area contributed by atoms with Crippen LogP contribution in [0.5, 0.6) is 0 Å². The summed E-state index contributed by atoms with van der Waals surface area (Å²) in [5.41, 5.74) is -1.67. The van der Waals surface area contributed by atoms with Gasteiger partial charge in [-0.15, -0.1) is 0 Å². The lowest BCUT2D eigenvalue weighted by Gasteiger charge is -2.24. The van der Waals surface area contributed by atoms with Crippen LogP contribution in [0.25, 0.3) is 0 Å². The Morgan fingerprint density at radius 3 is 2.33 bits per heavy atom. The lowest BCUT2D eigenvalue weighted by Crippen LogP contribution is -2.48. The third-order valence-corrected chi connectivity index (χ3v) is 2.12. The summed E-state index contributed by atoms with van der Waals surface area (Å²) in [6, 6.07) is -0.0319. The summed E-state index contributed by atoms with van der Waals surface area (Å²) in [4.78, 5) is 11.4. The van der Waals surface area contributed by atoms with E-state index in [1.807, 2.05) is 6.92 Å². The van der Waals surface area contributed by atoms with Gasteiger partial charge in [0.1, 0.15) is 5.60 Å².